The van der Waals surface area contributed by atoms with Gasteiger partial charge in [0.2, 0.25) is 5.91 Å². The summed E-state index contributed by atoms with van der Waals surface area (Å²) in [4.78, 5) is 24.5. The highest BCUT2D eigenvalue weighted by Crippen LogP contribution is 2.60. The maximum Gasteiger partial charge on any atom is 0.258 e. The van der Waals surface area contributed by atoms with Crippen LogP contribution in [0.2, 0.25) is 5.02 Å². The Hall–Kier alpha value is -1.97. The van der Waals surface area contributed by atoms with E-state index in [9.17, 15) is 18.4 Å². The highest BCUT2D eigenvalue weighted by atomic mass is 35.5. The minimum absolute atomic E-state index is 0.0520. The van der Waals surface area contributed by atoms with Crippen molar-refractivity contribution < 1.29 is 23.1 Å². The van der Waals surface area contributed by atoms with Crippen LogP contribution >= 0.6 is 11.6 Å². The number of alkyl halides is 2. The number of amides is 2. The molecule has 29 heavy (non-hydrogen) atoms. The zero-order valence-electron chi connectivity index (χ0n) is 15.6. The molecule has 1 aliphatic heterocycles. The monoisotopic (exact) mass is 428 g/mol. The molecule has 4 fully saturated rings. The van der Waals surface area contributed by atoms with Crippen LogP contribution in [0.5, 0.6) is 5.75 Å². The van der Waals surface area contributed by atoms with Gasteiger partial charge in [-0.3, -0.25) is 9.59 Å². The molecule has 4 aliphatic rings. The van der Waals surface area contributed by atoms with Crippen molar-refractivity contribution in [2.24, 2.45) is 0 Å². The summed E-state index contributed by atoms with van der Waals surface area (Å²) in [6, 6.07) is 5.30. The maximum absolute atomic E-state index is 12.7. The Labute approximate surface area is 171 Å². The van der Waals surface area contributed by atoms with Gasteiger partial charge in [0.05, 0.1) is 12.1 Å². The van der Waals surface area contributed by atoms with Gasteiger partial charge >= 0.3 is 0 Å². The first-order chi connectivity index (χ1) is 13.8. The van der Waals surface area contributed by atoms with Crippen LogP contribution in [0.25, 0.3) is 0 Å². The number of nitrogens with one attached hydrogen (secondary N) is 4. The second-order valence-corrected chi connectivity index (χ2v) is 8.62. The first-order valence-electron chi connectivity index (χ1n) is 9.55. The molecular formula is C19H23ClF2N4O3. The summed E-state index contributed by atoms with van der Waals surface area (Å²) in [7, 11) is 0. The van der Waals surface area contributed by atoms with E-state index < -0.39 is 18.5 Å². The molecule has 7 nitrogen and oxygen atoms in total. The molecule has 2 amide bonds. The molecule has 0 radical (unpaired) electrons. The molecular weight excluding hydrogens is 406 g/mol. The second kappa shape index (κ2) is 7.70. The van der Waals surface area contributed by atoms with Crippen LogP contribution in [-0.2, 0) is 9.59 Å². The van der Waals surface area contributed by atoms with Crippen LogP contribution in [0.4, 0.5) is 8.78 Å². The van der Waals surface area contributed by atoms with Crippen molar-refractivity contribution >= 4 is 23.4 Å². The quantitative estimate of drug-likeness (QED) is 0.516. The van der Waals surface area contributed by atoms with Gasteiger partial charge < -0.3 is 26.0 Å². The van der Waals surface area contributed by atoms with Crippen molar-refractivity contribution in [2.75, 3.05) is 19.7 Å². The van der Waals surface area contributed by atoms with Crippen molar-refractivity contribution in [3.05, 3.63) is 29.3 Å². The molecule has 3 aliphatic carbocycles. The Kier molecular flexibility index (Phi) is 5.39. The summed E-state index contributed by atoms with van der Waals surface area (Å²) >= 11 is 5.81. The number of rotatable bonds is 7. The fraction of sp³-hybridized carbons (Fsp3) is 0.579. The zero-order chi connectivity index (χ0) is 20.6. The Morgan fingerprint density at radius 1 is 1.10 bits per heavy atom. The predicted molar refractivity (Wildman–Crippen MR) is 102 cm³/mol. The average Bonchev–Trinajstić information content (AvgIpc) is 2.65. The first-order valence-corrected chi connectivity index (χ1v) is 9.92. The van der Waals surface area contributed by atoms with E-state index in [1.807, 2.05) is 0 Å². The molecule has 4 N–H and O–H groups in total. The number of ether oxygens (including phenoxy) is 1. The minimum atomic E-state index is -2.46. The standard InChI is InChI=1S/C19H23ClF2N4O3/c20-11-1-3-12(4-2-11)29-7-15(27)25-18-8-19(9-18,10-18)26-17(28)14-6-23-13(5-24-14)16(21)22/h1-4,13-14,16,23-24H,5-10H2,(H,25,27)(H,26,28). The van der Waals surface area contributed by atoms with E-state index in [0.29, 0.717) is 30.0 Å². The highest BCUT2D eigenvalue weighted by molar-refractivity contribution is 6.30. The Bertz CT molecular complexity index is 764. The number of carbonyl (C=O) groups is 2. The molecule has 2 atom stereocenters. The molecule has 1 saturated heterocycles. The van der Waals surface area contributed by atoms with Gasteiger partial charge in [-0.15, -0.1) is 0 Å². The van der Waals surface area contributed by atoms with Crippen molar-refractivity contribution in [1.29, 1.82) is 0 Å². The normalized spacial score (nSPS) is 32.7. The molecule has 0 spiro atoms. The molecule has 0 aromatic heterocycles. The van der Waals surface area contributed by atoms with Gasteiger partial charge in [0.15, 0.2) is 6.61 Å². The Balaban J connectivity index is 1.17. The van der Waals surface area contributed by atoms with Crippen LogP contribution < -0.4 is 26.0 Å². The lowest BCUT2D eigenvalue weighted by atomic mass is 9.44. The second-order valence-electron chi connectivity index (χ2n) is 8.18. The maximum atomic E-state index is 12.7. The van der Waals surface area contributed by atoms with E-state index in [1.54, 1.807) is 24.3 Å². The number of carbonyl (C=O) groups excluding carboxylic acids is 2. The lowest BCUT2D eigenvalue weighted by Crippen LogP contribution is -2.84. The fourth-order valence-corrected chi connectivity index (χ4v) is 4.59. The Morgan fingerprint density at radius 2 is 1.76 bits per heavy atom. The van der Waals surface area contributed by atoms with E-state index in [2.05, 4.69) is 21.3 Å². The lowest BCUT2D eigenvalue weighted by Gasteiger charge is -2.70. The molecule has 5 rings (SSSR count). The SMILES string of the molecule is O=C(COc1ccc(Cl)cc1)NC12CC(NC(=O)C3CNC(C(F)F)CN3)(C1)C2. The molecule has 2 bridgehead atoms. The van der Waals surface area contributed by atoms with Gasteiger partial charge in [0.1, 0.15) is 5.75 Å². The Morgan fingerprint density at radius 3 is 2.34 bits per heavy atom. The van der Waals surface area contributed by atoms with Crippen LogP contribution in [0.1, 0.15) is 19.3 Å². The van der Waals surface area contributed by atoms with Crippen molar-refractivity contribution in [3.8, 4) is 5.75 Å². The van der Waals surface area contributed by atoms with Crippen LogP contribution in [0.15, 0.2) is 24.3 Å². The predicted octanol–water partition coefficient (Wildman–Crippen LogP) is 0.821. The smallest absolute Gasteiger partial charge is 0.258 e. The van der Waals surface area contributed by atoms with E-state index in [4.69, 9.17) is 16.3 Å². The van der Waals surface area contributed by atoms with E-state index in [0.717, 1.165) is 0 Å². The van der Waals surface area contributed by atoms with Crippen molar-refractivity contribution in [1.82, 2.24) is 21.3 Å². The van der Waals surface area contributed by atoms with Crippen molar-refractivity contribution in [3.63, 3.8) is 0 Å². The van der Waals surface area contributed by atoms with Gasteiger partial charge in [0, 0.05) is 29.2 Å². The van der Waals surface area contributed by atoms with E-state index in [1.165, 1.54) is 0 Å². The van der Waals surface area contributed by atoms with E-state index in [-0.39, 0.29) is 42.6 Å². The molecule has 1 aromatic carbocycles. The third-order valence-corrected chi connectivity index (χ3v) is 6.05. The fourth-order valence-electron chi connectivity index (χ4n) is 4.46. The van der Waals surface area contributed by atoms with Gasteiger partial charge in [0.25, 0.3) is 12.3 Å². The lowest BCUT2D eigenvalue weighted by molar-refractivity contribution is -0.151. The van der Waals surface area contributed by atoms with Gasteiger partial charge in [-0.25, -0.2) is 8.78 Å². The van der Waals surface area contributed by atoms with Crippen LogP contribution in [0, 0.1) is 0 Å². The number of benzene rings is 1. The summed E-state index contributed by atoms with van der Waals surface area (Å²) in [5.41, 5.74) is -0.588. The topological polar surface area (TPSA) is 91.5 Å². The molecule has 158 valence electrons. The minimum Gasteiger partial charge on any atom is -0.484 e. The molecule has 10 heteroatoms. The summed E-state index contributed by atoms with van der Waals surface area (Å²) in [6.45, 7) is 0.128. The number of hydrogen-bond donors (Lipinski definition) is 4. The number of halogens is 3. The molecule has 3 saturated carbocycles. The summed E-state index contributed by atoms with van der Waals surface area (Å²) in [5.74, 6) is 0.153. The largest absolute Gasteiger partial charge is 0.484 e. The number of piperazine rings is 1. The third-order valence-electron chi connectivity index (χ3n) is 5.80. The highest BCUT2D eigenvalue weighted by Gasteiger charge is 2.69. The number of hydrogen-bond acceptors (Lipinski definition) is 5. The third kappa shape index (κ3) is 4.31. The van der Waals surface area contributed by atoms with Gasteiger partial charge in [-0.2, -0.15) is 0 Å². The average molecular weight is 429 g/mol. The summed E-state index contributed by atoms with van der Waals surface area (Å²) in [6.07, 6.45) is -0.467. The zero-order valence-corrected chi connectivity index (χ0v) is 16.4. The molecule has 2 unspecified atom stereocenters. The van der Waals surface area contributed by atoms with E-state index >= 15 is 0 Å². The molecule has 1 aromatic rings. The summed E-state index contributed by atoms with van der Waals surface area (Å²) in [5, 5.41) is 12.2. The summed E-state index contributed by atoms with van der Waals surface area (Å²) < 4.78 is 30.7. The van der Waals surface area contributed by atoms with Crippen molar-refractivity contribution in [2.45, 2.75) is 48.8 Å². The van der Waals surface area contributed by atoms with Crippen LogP contribution in [0.3, 0.4) is 0 Å². The van der Waals surface area contributed by atoms with Gasteiger partial charge in [-0.1, -0.05) is 11.6 Å². The molecule has 1 heterocycles. The van der Waals surface area contributed by atoms with Crippen LogP contribution in [-0.4, -0.2) is 61.1 Å². The first kappa shape index (κ1) is 20.3. The van der Waals surface area contributed by atoms with Gasteiger partial charge in [-0.05, 0) is 43.5 Å².